The number of nitrogens with one attached hydrogen (secondary N) is 1. The summed E-state index contributed by atoms with van der Waals surface area (Å²) < 4.78 is 0. The first-order valence-corrected chi connectivity index (χ1v) is 6.17. The van der Waals surface area contributed by atoms with E-state index in [2.05, 4.69) is 44.3 Å². The molecule has 1 aromatic carbocycles. The normalized spacial score (nSPS) is 26.8. The quantitative estimate of drug-likeness (QED) is 0.759. The van der Waals surface area contributed by atoms with Crippen molar-refractivity contribution >= 4 is 11.8 Å². The van der Waals surface area contributed by atoms with Gasteiger partial charge in [-0.3, -0.25) is 5.32 Å². The number of aryl methyl sites for hydroxylation is 2. The molecule has 0 amide bonds. The Hall–Kier alpha value is -0.470. The number of hydrogen-bond acceptors (Lipinski definition) is 2. The number of hydrogen-bond donors (Lipinski definition) is 1. The summed E-state index contributed by atoms with van der Waals surface area (Å²) in [5.74, 6) is 1.22. The van der Waals surface area contributed by atoms with E-state index in [9.17, 15) is 0 Å². The van der Waals surface area contributed by atoms with Gasteiger partial charge < -0.3 is 0 Å². The second kappa shape index (κ2) is 3.95. The van der Waals surface area contributed by atoms with Crippen LogP contribution >= 0.6 is 11.8 Å². The van der Waals surface area contributed by atoms with Crippen LogP contribution in [0.5, 0.6) is 0 Å². The van der Waals surface area contributed by atoms with E-state index < -0.39 is 0 Å². The minimum Gasteiger partial charge on any atom is -0.298 e. The van der Waals surface area contributed by atoms with Crippen LogP contribution in [0.4, 0.5) is 0 Å². The Balaban J connectivity index is 2.31. The van der Waals surface area contributed by atoms with E-state index in [0.717, 1.165) is 0 Å². The lowest BCUT2D eigenvalue weighted by molar-refractivity contribution is 0.615. The Morgan fingerprint density at radius 2 is 1.93 bits per heavy atom. The van der Waals surface area contributed by atoms with Crippen molar-refractivity contribution < 1.29 is 0 Å². The van der Waals surface area contributed by atoms with Crippen molar-refractivity contribution in [1.82, 2.24) is 5.32 Å². The molecule has 0 bridgehead atoms. The van der Waals surface area contributed by atoms with Crippen LogP contribution in [0.3, 0.4) is 0 Å². The predicted molar refractivity (Wildman–Crippen MR) is 63.7 cm³/mol. The van der Waals surface area contributed by atoms with Gasteiger partial charge in [0, 0.05) is 11.8 Å². The summed E-state index contributed by atoms with van der Waals surface area (Å²) in [7, 11) is 0. The fourth-order valence-corrected chi connectivity index (χ4v) is 3.45. The van der Waals surface area contributed by atoms with Gasteiger partial charge in [-0.05, 0) is 37.5 Å². The summed E-state index contributed by atoms with van der Waals surface area (Å²) in [6.45, 7) is 6.65. The molecular formula is C12H17NS. The zero-order valence-electron chi connectivity index (χ0n) is 9.00. The largest absolute Gasteiger partial charge is 0.298 e. The summed E-state index contributed by atoms with van der Waals surface area (Å²) in [6.07, 6.45) is 0. The first kappa shape index (κ1) is 10.1. The topological polar surface area (TPSA) is 12.0 Å². The minimum absolute atomic E-state index is 0.506. The fraction of sp³-hybridized carbons (Fsp3) is 0.500. The standard InChI is InChI=1S/C12H17NS/c1-8-5-4-6-9(2)11(8)12-13-10(3)7-14-12/h4-6,10,12-13H,7H2,1-3H3. The summed E-state index contributed by atoms with van der Waals surface area (Å²) in [5, 5.41) is 4.12. The summed E-state index contributed by atoms with van der Waals surface area (Å²) >= 11 is 2.02. The maximum absolute atomic E-state index is 3.61. The number of rotatable bonds is 1. The van der Waals surface area contributed by atoms with Crippen LogP contribution in [0, 0.1) is 13.8 Å². The molecular weight excluding hydrogens is 190 g/mol. The Labute approximate surface area is 90.3 Å². The Morgan fingerprint density at radius 3 is 2.43 bits per heavy atom. The van der Waals surface area contributed by atoms with E-state index in [4.69, 9.17) is 0 Å². The predicted octanol–water partition coefficient (Wildman–Crippen LogP) is 3.03. The van der Waals surface area contributed by atoms with Gasteiger partial charge in [-0.15, -0.1) is 11.8 Å². The molecule has 0 aliphatic carbocycles. The van der Waals surface area contributed by atoms with Crippen molar-refractivity contribution in [1.29, 1.82) is 0 Å². The molecule has 1 aliphatic rings. The monoisotopic (exact) mass is 207 g/mol. The Bertz CT molecular complexity index is 315. The van der Waals surface area contributed by atoms with Crippen LogP contribution in [0.1, 0.15) is 29.0 Å². The van der Waals surface area contributed by atoms with Crippen molar-refractivity contribution in [3.8, 4) is 0 Å². The van der Waals surface area contributed by atoms with E-state index in [1.807, 2.05) is 11.8 Å². The van der Waals surface area contributed by atoms with Crippen molar-refractivity contribution in [2.75, 3.05) is 5.75 Å². The third-order valence-electron chi connectivity index (χ3n) is 2.75. The lowest BCUT2D eigenvalue weighted by atomic mass is 10.0. The van der Waals surface area contributed by atoms with Crippen molar-refractivity contribution in [2.24, 2.45) is 0 Å². The average Bonchev–Trinajstić information content (AvgIpc) is 2.51. The van der Waals surface area contributed by atoms with Crippen LogP contribution in [0.15, 0.2) is 18.2 Å². The van der Waals surface area contributed by atoms with Gasteiger partial charge in [0.05, 0.1) is 5.37 Å². The second-order valence-corrected chi connectivity index (χ2v) is 5.22. The molecule has 1 aromatic rings. The van der Waals surface area contributed by atoms with Gasteiger partial charge in [0.15, 0.2) is 0 Å². The van der Waals surface area contributed by atoms with E-state index in [1.165, 1.54) is 22.4 Å². The molecule has 1 nitrogen and oxygen atoms in total. The van der Waals surface area contributed by atoms with Crippen LogP contribution < -0.4 is 5.32 Å². The molecule has 2 atom stereocenters. The molecule has 2 heteroatoms. The van der Waals surface area contributed by atoms with Crippen molar-refractivity contribution in [2.45, 2.75) is 32.2 Å². The smallest absolute Gasteiger partial charge is 0.0797 e. The minimum atomic E-state index is 0.506. The molecule has 0 saturated carbocycles. The van der Waals surface area contributed by atoms with Crippen LogP contribution in [0.2, 0.25) is 0 Å². The van der Waals surface area contributed by atoms with Crippen molar-refractivity contribution in [3.63, 3.8) is 0 Å². The van der Waals surface area contributed by atoms with E-state index in [-0.39, 0.29) is 0 Å². The number of benzene rings is 1. The first-order valence-electron chi connectivity index (χ1n) is 5.12. The highest BCUT2D eigenvalue weighted by atomic mass is 32.2. The van der Waals surface area contributed by atoms with Gasteiger partial charge in [0.25, 0.3) is 0 Å². The molecule has 0 radical (unpaired) electrons. The molecule has 1 aliphatic heterocycles. The van der Waals surface area contributed by atoms with Gasteiger partial charge in [0.2, 0.25) is 0 Å². The van der Waals surface area contributed by atoms with Crippen LogP contribution in [-0.2, 0) is 0 Å². The molecule has 1 fully saturated rings. The van der Waals surface area contributed by atoms with Gasteiger partial charge >= 0.3 is 0 Å². The van der Waals surface area contributed by atoms with Gasteiger partial charge in [-0.1, -0.05) is 18.2 Å². The molecule has 76 valence electrons. The second-order valence-electron chi connectivity index (χ2n) is 4.09. The lowest BCUT2D eigenvalue weighted by Gasteiger charge is -2.16. The maximum Gasteiger partial charge on any atom is 0.0797 e. The zero-order valence-corrected chi connectivity index (χ0v) is 9.82. The van der Waals surface area contributed by atoms with Crippen molar-refractivity contribution in [3.05, 3.63) is 34.9 Å². The molecule has 2 unspecified atom stereocenters. The highest BCUT2D eigenvalue weighted by Gasteiger charge is 2.24. The highest BCUT2D eigenvalue weighted by molar-refractivity contribution is 7.99. The third-order valence-corrected chi connectivity index (χ3v) is 4.15. The summed E-state index contributed by atoms with van der Waals surface area (Å²) in [4.78, 5) is 0. The molecule has 14 heavy (non-hydrogen) atoms. The average molecular weight is 207 g/mol. The molecule has 0 aromatic heterocycles. The highest BCUT2D eigenvalue weighted by Crippen LogP contribution is 2.35. The Morgan fingerprint density at radius 1 is 1.29 bits per heavy atom. The molecule has 1 saturated heterocycles. The molecule has 2 rings (SSSR count). The first-order chi connectivity index (χ1) is 6.68. The number of thioether (sulfide) groups is 1. The summed E-state index contributed by atoms with van der Waals surface area (Å²) in [6, 6.07) is 7.18. The van der Waals surface area contributed by atoms with Gasteiger partial charge in [-0.2, -0.15) is 0 Å². The van der Waals surface area contributed by atoms with E-state index in [0.29, 0.717) is 11.4 Å². The molecule has 0 spiro atoms. The van der Waals surface area contributed by atoms with Gasteiger partial charge in [0.1, 0.15) is 0 Å². The van der Waals surface area contributed by atoms with E-state index >= 15 is 0 Å². The summed E-state index contributed by atoms with van der Waals surface area (Å²) in [5.41, 5.74) is 4.30. The van der Waals surface area contributed by atoms with Crippen LogP contribution in [0.25, 0.3) is 0 Å². The zero-order chi connectivity index (χ0) is 10.1. The third kappa shape index (κ3) is 1.82. The molecule has 1 N–H and O–H groups in total. The lowest BCUT2D eigenvalue weighted by Crippen LogP contribution is -2.22. The van der Waals surface area contributed by atoms with Gasteiger partial charge in [-0.25, -0.2) is 0 Å². The maximum atomic E-state index is 3.61. The SMILES string of the molecule is Cc1cccc(C)c1C1NC(C)CS1. The fourth-order valence-electron chi connectivity index (χ4n) is 2.00. The Kier molecular flexibility index (Phi) is 2.84. The molecule has 1 heterocycles. The van der Waals surface area contributed by atoms with E-state index in [1.54, 1.807) is 0 Å². The van der Waals surface area contributed by atoms with Crippen LogP contribution in [-0.4, -0.2) is 11.8 Å².